The van der Waals surface area contributed by atoms with E-state index in [9.17, 15) is 28.6 Å². The SMILES string of the molecule is CCCCCCCCCCCCCCCCCC(=O)OC[C@H](COP(=O)(O)OCCNC(=O)COCCNC(=O)OC1CC/C=C/CCC1)OC(=O)CCCCCCCCCCCCCCCCC. The number of hydrogen-bond acceptors (Lipinski definition) is 11. The summed E-state index contributed by atoms with van der Waals surface area (Å²) in [6.07, 6.45) is 44.0. The van der Waals surface area contributed by atoms with Crippen LogP contribution >= 0.6 is 7.82 Å². The van der Waals surface area contributed by atoms with Crippen molar-refractivity contribution in [3.63, 3.8) is 0 Å². The molecule has 0 heterocycles. The van der Waals surface area contributed by atoms with Crippen molar-refractivity contribution in [3.8, 4) is 0 Å². The number of allylic oxidation sites excluding steroid dienone is 2. The fourth-order valence-corrected chi connectivity index (χ4v) is 9.10. The summed E-state index contributed by atoms with van der Waals surface area (Å²) in [7, 11) is -4.62. The quantitative estimate of drug-likeness (QED) is 0.0172. The number of phosphoric acid groups is 1. The summed E-state index contributed by atoms with van der Waals surface area (Å²) in [4.78, 5) is 60.1. The lowest BCUT2D eigenvalue weighted by Crippen LogP contribution is -2.34. The molecule has 3 atom stereocenters. The molecule has 0 saturated carbocycles. The van der Waals surface area contributed by atoms with E-state index in [4.69, 9.17) is 28.0 Å². The number of ether oxygens (including phenoxy) is 4. The first-order chi connectivity index (χ1) is 33.6. The molecule has 0 aromatic heterocycles. The maximum Gasteiger partial charge on any atom is 0.472 e. The van der Waals surface area contributed by atoms with Crippen LogP contribution in [0.3, 0.4) is 0 Å². The van der Waals surface area contributed by atoms with E-state index in [0.717, 1.165) is 70.6 Å². The van der Waals surface area contributed by atoms with Crippen molar-refractivity contribution in [2.24, 2.45) is 0 Å². The van der Waals surface area contributed by atoms with E-state index in [-0.39, 0.29) is 58.5 Å². The van der Waals surface area contributed by atoms with Crippen LogP contribution < -0.4 is 10.6 Å². The van der Waals surface area contributed by atoms with Gasteiger partial charge in [-0.15, -0.1) is 0 Å². The summed E-state index contributed by atoms with van der Waals surface area (Å²) >= 11 is 0. The number of unbranched alkanes of at least 4 members (excludes halogenated alkanes) is 28. The second kappa shape index (κ2) is 47.8. The zero-order valence-electron chi connectivity index (χ0n) is 43.8. The van der Waals surface area contributed by atoms with E-state index < -0.39 is 44.5 Å². The summed E-state index contributed by atoms with van der Waals surface area (Å²) < 4.78 is 44.7. The Morgan fingerprint density at radius 3 is 1.55 bits per heavy atom. The number of carbonyl (C=O) groups excluding carboxylic acids is 4. The predicted molar refractivity (Wildman–Crippen MR) is 276 cm³/mol. The van der Waals surface area contributed by atoms with Gasteiger partial charge in [-0.3, -0.25) is 23.4 Å². The van der Waals surface area contributed by atoms with Gasteiger partial charge >= 0.3 is 25.9 Å². The standard InChI is InChI=1S/C54H101N2O12P/c1-3-5-7-9-11-13-15-17-19-21-23-25-27-32-36-40-52(58)64-46-50(67-53(59)41-37-33-28-26-24-22-20-18-16-14-12-10-8-6-4-2)47-66-69(61,62)65-45-43-55-51(57)48-63-44-42-56-54(60)68-49-38-34-30-29-31-35-39-49/h29-30,49-50H,3-28,31-48H2,1-2H3,(H,55,57)(H,56,60)(H,61,62)/b30-29+/t49?,50-/m1/s1. The fourth-order valence-electron chi connectivity index (χ4n) is 8.34. The van der Waals surface area contributed by atoms with E-state index in [2.05, 4.69) is 36.6 Å². The zero-order chi connectivity index (χ0) is 50.1. The minimum Gasteiger partial charge on any atom is -0.462 e. The maximum absolute atomic E-state index is 12.8. The average molecular weight is 1000 g/mol. The molecule has 1 rings (SSSR count). The first-order valence-corrected chi connectivity index (χ1v) is 29.6. The van der Waals surface area contributed by atoms with Gasteiger partial charge in [-0.1, -0.05) is 206 Å². The molecule has 0 aromatic carbocycles. The number of phosphoric ester groups is 1. The number of amides is 2. The van der Waals surface area contributed by atoms with Crippen molar-refractivity contribution in [1.29, 1.82) is 0 Å². The molecule has 1 aliphatic rings. The lowest BCUT2D eigenvalue weighted by atomic mass is 10.0. The van der Waals surface area contributed by atoms with Crippen molar-refractivity contribution in [2.75, 3.05) is 46.1 Å². The van der Waals surface area contributed by atoms with Crippen molar-refractivity contribution in [3.05, 3.63) is 12.2 Å². The highest BCUT2D eigenvalue weighted by Crippen LogP contribution is 2.43. The molecule has 14 nitrogen and oxygen atoms in total. The molecular weight excluding hydrogens is 900 g/mol. The van der Waals surface area contributed by atoms with Crippen molar-refractivity contribution >= 4 is 31.8 Å². The van der Waals surface area contributed by atoms with Crippen LogP contribution in [0, 0.1) is 0 Å². The lowest BCUT2D eigenvalue weighted by Gasteiger charge is -2.20. The molecule has 0 aromatic rings. The van der Waals surface area contributed by atoms with Crippen LogP contribution in [0.25, 0.3) is 0 Å². The third kappa shape index (κ3) is 45.1. The van der Waals surface area contributed by atoms with Crippen molar-refractivity contribution < 1.29 is 56.6 Å². The normalized spacial score (nSPS) is 15.6. The highest BCUT2D eigenvalue weighted by Gasteiger charge is 2.26. The van der Waals surface area contributed by atoms with Crippen LogP contribution in [0.2, 0.25) is 0 Å². The fraction of sp³-hybridized carbons (Fsp3) is 0.889. The van der Waals surface area contributed by atoms with Crippen LogP contribution in [0.1, 0.15) is 251 Å². The minimum atomic E-state index is -4.62. The molecule has 0 bridgehead atoms. The van der Waals surface area contributed by atoms with Gasteiger partial charge in [-0.05, 0) is 44.9 Å². The number of nitrogens with one attached hydrogen (secondary N) is 2. The van der Waals surface area contributed by atoms with Crippen LogP contribution in [-0.2, 0) is 46.9 Å². The molecule has 3 N–H and O–H groups in total. The number of esters is 2. The molecule has 404 valence electrons. The van der Waals surface area contributed by atoms with Gasteiger partial charge in [0.15, 0.2) is 6.10 Å². The molecule has 0 fully saturated rings. The Labute approximate surface area is 419 Å². The lowest BCUT2D eigenvalue weighted by molar-refractivity contribution is -0.161. The summed E-state index contributed by atoms with van der Waals surface area (Å²) in [6.45, 7) is 3.19. The van der Waals surface area contributed by atoms with E-state index in [1.807, 2.05) is 0 Å². The monoisotopic (exact) mass is 1000 g/mol. The molecular formula is C54H101N2O12P. The first kappa shape index (κ1) is 64.5. The van der Waals surface area contributed by atoms with Crippen LogP contribution in [0.4, 0.5) is 4.79 Å². The minimum absolute atomic E-state index is 0.0894. The van der Waals surface area contributed by atoms with E-state index >= 15 is 0 Å². The van der Waals surface area contributed by atoms with E-state index in [1.54, 1.807) is 0 Å². The Hall–Kier alpha value is -2.51. The Bertz CT molecular complexity index is 1320. The average Bonchev–Trinajstić information content (AvgIpc) is 3.32. The Kier molecular flexibility index (Phi) is 44.7. The smallest absolute Gasteiger partial charge is 0.462 e. The van der Waals surface area contributed by atoms with Gasteiger partial charge in [0.25, 0.3) is 0 Å². The zero-order valence-corrected chi connectivity index (χ0v) is 44.7. The number of rotatable bonds is 48. The van der Waals surface area contributed by atoms with Crippen molar-refractivity contribution in [2.45, 2.75) is 264 Å². The second-order valence-electron chi connectivity index (χ2n) is 19.1. The van der Waals surface area contributed by atoms with Crippen LogP contribution in [0.5, 0.6) is 0 Å². The second-order valence-corrected chi connectivity index (χ2v) is 20.6. The third-order valence-electron chi connectivity index (χ3n) is 12.5. The van der Waals surface area contributed by atoms with Gasteiger partial charge in [0, 0.05) is 25.9 Å². The van der Waals surface area contributed by atoms with Gasteiger partial charge in [0.2, 0.25) is 5.91 Å². The molecule has 2 unspecified atom stereocenters. The van der Waals surface area contributed by atoms with Gasteiger partial charge < -0.3 is 34.5 Å². The molecule has 0 spiro atoms. The molecule has 0 radical (unpaired) electrons. The maximum atomic E-state index is 12.8. The number of carbonyl (C=O) groups is 4. The largest absolute Gasteiger partial charge is 0.472 e. The molecule has 1 aliphatic carbocycles. The highest BCUT2D eigenvalue weighted by atomic mass is 31.2. The van der Waals surface area contributed by atoms with Crippen LogP contribution in [0.15, 0.2) is 12.2 Å². The van der Waals surface area contributed by atoms with Gasteiger partial charge in [0.1, 0.15) is 19.3 Å². The number of hydrogen-bond donors (Lipinski definition) is 3. The molecule has 0 aliphatic heterocycles. The van der Waals surface area contributed by atoms with Gasteiger partial charge in [0.05, 0.1) is 19.8 Å². The summed E-state index contributed by atoms with van der Waals surface area (Å²) in [6, 6.07) is 0. The summed E-state index contributed by atoms with van der Waals surface area (Å²) in [5, 5.41) is 5.15. The molecule has 15 heteroatoms. The predicted octanol–water partition coefficient (Wildman–Crippen LogP) is 13.8. The molecule has 0 saturated heterocycles. The van der Waals surface area contributed by atoms with Crippen molar-refractivity contribution in [1.82, 2.24) is 10.6 Å². The first-order valence-electron chi connectivity index (χ1n) is 28.1. The number of alkyl carbamates (subject to hydrolysis) is 1. The Morgan fingerprint density at radius 2 is 1.03 bits per heavy atom. The molecule has 69 heavy (non-hydrogen) atoms. The molecule has 2 amide bonds. The van der Waals surface area contributed by atoms with E-state index in [0.29, 0.717) is 12.8 Å². The highest BCUT2D eigenvalue weighted by molar-refractivity contribution is 7.47. The van der Waals surface area contributed by atoms with Crippen LogP contribution in [-0.4, -0.2) is 87.2 Å². The topological polar surface area (TPSA) is 185 Å². The Morgan fingerprint density at radius 1 is 0.565 bits per heavy atom. The Balaban J connectivity index is 2.36. The van der Waals surface area contributed by atoms with Gasteiger partial charge in [-0.2, -0.15) is 0 Å². The summed E-state index contributed by atoms with van der Waals surface area (Å²) in [5.74, 6) is -1.40. The van der Waals surface area contributed by atoms with Gasteiger partial charge in [-0.25, -0.2) is 9.36 Å². The summed E-state index contributed by atoms with van der Waals surface area (Å²) in [5.41, 5.74) is 0. The third-order valence-corrected chi connectivity index (χ3v) is 13.5. The van der Waals surface area contributed by atoms with E-state index in [1.165, 1.54) is 141 Å².